The van der Waals surface area contributed by atoms with Gasteiger partial charge in [0.2, 0.25) is 11.8 Å². The van der Waals surface area contributed by atoms with Gasteiger partial charge >= 0.3 is 0 Å². The fourth-order valence-electron chi connectivity index (χ4n) is 1.62. The third-order valence-electron chi connectivity index (χ3n) is 2.60. The Morgan fingerprint density at radius 1 is 1.14 bits per heavy atom. The van der Waals surface area contributed by atoms with Crippen LogP contribution < -0.4 is 21.1 Å². The predicted molar refractivity (Wildman–Crippen MR) is 81.9 cm³/mol. The molecule has 0 radical (unpaired) electrons. The first-order chi connectivity index (χ1) is 9.97. The van der Waals surface area contributed by atoms with Gasteiger partial charge in [0, 0.05) is 24.7 Å². The van der Waals surface area contributed by atoms with Crippen molar-refractivity contribution in [2.45, 2.75) is 32.7 Å². The molecule has 1 rings (SSSR count). The molecule has 2 amide bonds. The molecule has 4 N–H and O–H groups in total. The average Bonchev–Trinajstić information content (AvgIpc) is 2.40. The zero-order valence-corrected chi connectivity index (χ0v) is 12.5. The summed E-state index contributed by atoms with van der Waals surface area (Å²) in [7, 11) is 0. The van der Waals surface area contributed by atoms with Gasteiger partial charge in [-0.25, -0.2) is 0 Å². The topological polar surface area (TPSA) is 93.5 Å². The number of ether oxygens (including phenoxy) is 1. The van der Waals surface area contributed by atoms with Gasteiger partial charge in [-0.3, -0.25) is 9.59 Å². The van der Waals surface area contributed by atoms with Crippen molar-refractivity contribution in [3.8, 4) is 5.75 Å². The molecule has 0 aliphatic heterocycles. The minimum Gasteiger partial charge on any atom is -0.493 e. The molecule has 0 atom stereocenters. The number of nitrogen functional groups attached to an aromatic ring is 1. The van der Waals surface area contributed by atoms with E-state index in [4.69, 9.17) is 10.5 Å². The van der Waals surface area contributed by atoms with Crippen LogP contribution in [-0.4, -0.2) is 31.0 Å². The molecule has 0 saturated carbocycles. The summed E-state index contributed by atoms with van der Waals surface area (Å²) < 4.78 is 5.42. The number of nitrogens with two attached hydrogens (primary N) is 1. The number of anilines is 1. The molecular formula is C15H23N3O3. The van der Waals surface area contributed by atoms with E-state index in [2.05, 4.69) is 10.6 Å². The Kier molecular flexibility index (Phi) is 7.08. The lowest BCUT2D eigenvalue weighted by molar-refractivity contribution is -0.122. The molecule has 0 aliphatic rings. The lowest BCUT2D eigenvalue weighted by Gasteiger charge is -2.09. The molecule has 1 aromatic rings. The number of amides is 2. The molecule has 0 bridgehead atoms. The monoisotopic (exact) mass is 293 g/mol. The standard InChI is InChI=1S/C15H23N3O3/c1-11(2)18-15(20)7-9-17-14(19)8-10-21-13-5-3-12(16)4-6-13/h3-6,11H,7-10,16H2,1-2H3,(H,17,19)(H,18,20). The Bertz CT molecular complexity index is 458. The predicted octanol–water partition coefficient (Wildman–Crippen LogP) is 1.07. The third kappa shape index (κ3) is 7.81. The Labute approximate surface area is 125 Å². The summed E-state index contributed by atoms with van der Waals surface area (Å²) in [5.74, 6) is 0.472. The van der Waals surface area contributed by atoms with Gasteiger partial charge < -0.3 is 21.1 Å². The quantitative estimate of drug-likeness (QED) is 0.625. The van der Waals surface area contributed by atoms with Crippen LogP contribution in [0.3, 0.4) is 0 Å². The van der Waals surface area contributed by atoms with Gasteiger partial charge in [0.15, 0.2) is 0 Å². The number of nitrogens with one attached hydrogen (secondary N) is 2. The molecule has 116 valence electrons. The van der Waals surface area contributed by atoms with Crippen molar-refractivity contribution < 1.29 is 14.3 Å². The second-order valence-electron chi connectivity index (χ2n) is 4.99. The Morgan fingerprint density at radius 2 is 1.81 bits per heavy atom. The van der Waals surface area contributed by atoms with E-state index < -0.39 is 0 Å². The van der Waals surface area contributed by atoms with Crippen LogP contribution in [0.5, 0.6) is 5.75 Å². The van der Waals surface area contributed by atoms with Gasteiger partial charge in [-0.05, 0) is 38.1 Å². The maximum absolute atomic E-state index is 11.5. The number of hydrogen-bond donors (Lipinski definition) is 3. The van der Waals surface area contributed by atoms with Crippen LogP contribution in [0.2, 0.25) is 0 Å². The second kappa shape index (κ2) is 8.84. The van der Waals surface area contributed by atoms with E-state index >= 15 is 0 Å². The SMILES string of the molecule is CC(C)NC(=O)CCNC(=O)CCOc1ccc(N)cc1. The third-order valence-corrected chi connectivity index (χ3v) is 2.60. The first-order valence-corrected chi connectivity index (χ1v) is 7.02. The fraction of sp³-hybridized carbons (Fsp3) is 0.467. The summed E-state index contributed by atoms with van der Waals surface area (Å²) in [4.78, 5) is 22.9. The molecule has 0 fully saturated rings. The molecule has 0 saturated heterocycles. The van der Waals surface area contributed by atoms with Gasteiger partial charge in [0.1, 0.15) is 5.75 Å². The van der Waals surface area contributed by atoms with Crippen molar-refractivity contribution in [3.63, 3.8) is 0 Å². The maximum atomic E-state index is 11.5. The van der Waals surface area contributed by atoms with E-state index in [1.165, 1.54) is 0 Å². The van der Waals surface area contributed by atoms with E-state index in [1.807, 2.05) is 13.8 Å². The lowest BCUT2D eigenvalue weighted by atomic mass is 10.3. The van der Waals surface area contributed by atoms with Crippen LogP contribution in [0, 0.1) is 0 Å². The van der Waals surface area contributed by atoms with Crippen LogP contribution in [0.15, 0.2) is 24.3 Å². The van der Waals surface area contributed by atoms with Gasteiger partial charge in [-0.1, -0.05) is 0 Å². The first kappa shape index (κ1) is 16.8. The average molecular weight is 293 g/mol. The van der Waals surface area contributed by atoms with Crippen molar-refractivity contribution in [2.75, 3.05) is 18.9 Å². The Morgan fingerprint density at radius 3 is 2.43 bits per heavy atom. The number of benzene rings is 1. The van der Waals surface area contributed by atoms with Crippen LogP contribution >= 0.6 is 0 Å². The summed E-state index contributed by atoms with van der Waals surface area (Å²) in [6.45, 7) is 4.41. The summed E-state index contributed by atoms with van der Waals surface area (Å²) in [6.07, 6.45) is 0.527. The highest BCUT2D eigenvalue weighted by Crippen LogP contribution is 2.12. The molecular weight excluding hydrogens is 270 g/mol. The molecule has 0 aliphatic carbocycles. The van der Waals surface area contributed by atoms with Crippen molar-refractivity contribution >= 4 is 17.5 Å². The van der Waals surface area contributed by atoms with E-state index in [0.717, 1.165) is 0 Å². The van der Waals surface area contributed by atoms with Crippen LogP contribution in [-0.2, 0) is 9.59 Å². The van der Waals surface area contributed by atoms with Gasteiger partial charge in [-0.15, -0.1) is 0 Å². The van der Waals surface area contributed by atoms with Crippen molar-refractivity contribution in [1.29, 1.82) is 0 Å². The molecule has 0 heterocycles. The van der Waals surface area contributed by atoms with Crippen molar-refractivity contribution in [2.24, 2.45) is 0 Å². The summed E-state index contributed by atoms with van der Waals surface area (Å²) in [6, 6.07) is 7.10. The van der Waals surface area contributed by atoms with Gasteiger partial charge in [0.05, 0.1) is 13.0 Å². The minimum atomic E-state index is -0.136. The summed E-state index contributed by atoms with van der Waals surface area (Å²) >= 11 is 0. The lowest BCUT2D eigenvalue weighted by Crippen LogP contribution is -2.34. The zero-order valence-electron chi connectivity index (χ0n) is 12.5. The number of rotatable bonds is 8. The molecule has 6 heteroatoms. The van der Waals surface area contributed by atoms with E-state index in [1.54, 1.807) is 24.3 Å². The number of carbonyl (C=O) groups is 2. The molecule has 6 nitrogen and oxygen atoms in total. The first-order valence-electron chi connectivity index (χ1n) is 7.02. The van der Waals surface area contributed by atoms with E-state index in [-0.39, 0.29) is 37.3 Å². The highest BCUT2D eigenvalue weighted by Gasteiger charge is 2.05. The highest BCUT2D eigenvalue weighted by molar-refractivity contribution is 5.79. The maximum Gasteiger partial charge on any atom is 0.223 e. The molecule has 1 aromatic carbocycles. The van der Waals surface area contributed by atoms with Crippen molar-refractivity contribution in [3.05, 3.63) is 24.3 Å². The van der Waals surface area contributed by atoms with Gasteiger partial charge in [0.25, 0.3) is 0 Å². The molecule has 0 aromatic heterocycles. The van der Waals surface area contributed by atoms with Crippen LogP contribution in [0.25, 0.3) is 0 Å². The zero-order chi connectivity index (χ0) is 15.7. The second-order valence-corrected chi connectivity index (χ2v) is 4.99. The Hall–Kier alpha value is -2.24. The van der Waals surface area contributed by atoms with Gasteiger partial charge in [-0.2, -0.15) is 0 Å². The molecule has 0 spiro atoms. The summed E-state index contributed by atoms with van der Waals surface area (Å²) in [5, 5.41) is 5.44. The fourth-order valence-corrected chi connectivity index (χ4v) is 1.62. The highest BCUT2D eigenvalue weighted by atomic mass is 16.5. The number of hydrogen-bond acceptors (Lipinski definition) is 4. The normalized spacial score (nSPS) is 10.2. The molecule has 0 unspecified atom stereocenters. The minimum absolute atomic E-state index is 0.0663. The van der Waals surface area contributed by atoms with Crippen molar-refractivity contribution in [1.82, 2.24) is 10.6 Å². The van der Waals surface area contributed by atoms with E-state index in [0.29, 0.717) is 18.0 Å². The number of carbonyl (C=O) groups excluding carboxylic acids is 2. The smallest absolute Gasteiger partial charge is 0.223 e. The molecule has 21 heavy (non-hydrogen) atoms. The van der Waals surface area contributed by atoms with Crippen LogP contribution in [0.4, 0.5) is 5.69 Å². The largest absolute Gasteiger partial charge is 0.493 e. The van der Waals surface area contributed by atoms with E-state index in [9.17, 15) is 9.59 Å². The summed E-state index contributed by atoms with van der Waals surface area (Å²) in [5.41, 5.74) is 6.23. The Balaban J connectivity index is 2.11. The van der Waals surface area contributed by atoms with Crippen LogP contribution in [0.1, 0.15) is 26.7 Å².